The van der Waals surface area contributed by atoms with Gasteiger partial charge in [0.15, 0.2) is 0 Å². The zero-order valence-corrected chi connectivity index (χ0v) is 23.0. The largest absolute Gasteiger partial charge is 0.469 e. The fraction of sp³-hybridized carbons (Fsp3) is 0.833. The van der Waals surface area contributed by atoms with E-state index in [2.05, 4.69) is 19.9 Å². The van der Waals surface area contributed by atoms with E-state index in [0.717, 1.165) is 64.2 Å². The molecule has 6 heteroatoms. The Morgan fingerprint density at radius 3 is 2.44 bits per heavy atom. The van der Waals surface area contributed by atoms with Gasteiger partial charge in [0.05, 0.1) is 13.2 Å². The van der Waals surface area contributed by atoms with E-state index >= 15 is 0 Å². The van der Waals surface area contributed by atoms with Crippen molar-refractivity contribution < 1.29 is 28.6 Å². The van der Waals surface area contributed by atoms with Gasteiger partial charge in [0.25, 0.3) is 0 Å². The third-order valence-corrected chi connectivity index (χ3v) is 10.4. The molecular weight excluding hydrogens is 456 g/mol. The molecule has 202 valence electrons. The van der Waals surface area contributed by atoms with Crippen LogP contribution in [0.2, 0.25) is 0 Å². The predicted molar refractivity (Wildman–Crippen MR) is 137 cm³/mol. The van der Waals surface area contributed by atoms with E-state index in [4.69, 9.17) is 14.2 Å². The summed E-state index contributed by atoms with van der Waals surface area (Å²) in [7, 11) is 1.43. The van der Waals surface area contributed by atoms with E-state index < -0.39 is 0 Å². The van der Waals surface area contributed by atoms with Crippen molar-refractivity contribution in [3.8, 4) is 0 Å². The smallest absolute Gasteiger partial charge is 0.305 e. The summed E-state index contributed by atoms with van der Waals surface area (Å²) in [6.07, 6.45) is 12.6. The van der Waals surface area contributed by atoms with Gasteiger partial charge in [-0.25, -0.2) is 0 Å². The number of ketones is 1. The van der Waals surface area contributed by atoms with E-state index in [1.54, 1.807) is 6.92 Å². The van der Waals surface area contributed by atoms with Crippen LogP contribution < -0.4 is 0 Å². The van der Waals surface area contributed by atoms with Crippen LogP contribution in [0.4, 0.5) is 0 Å². The van der Waals surface area contributed by atoms with Crippen molar-refractivity contribution in [2.75, 3.05) is 13.7 Å². The Bertz CT molecular complexity index is 879. The maximum atomic E-state index is 12.6. The number of fused-ring (bicyclic) bond motifs is 5. The lowest BCUT2D eigenvalue weighted by Gasteiger charge is -2.59. The molecule has 0 aromatic heterocycles. The highest BCUT2D eigenvalue weighted by Gasteiger charge is 2.61. The van der Waals surface area contributed by atoms with Gasteiger partial charge in [-0.3, -0.25) is 14.4 Å². The fourth-order valence-corrected chi connectivity index (χ4v) is 8.62. The topological polar surface area (TPSA) is 78.9 Å². The number of hydrogen-bond donors (Lipinski definition) is 0. The number of methoxy groups -OCH3 is 1. The average molecular weight is 503 g/mol. The molecule has 6 nitrogen and oxygen atoms in total. The summed E-state index contributed by atoms with van der Waals surface area (Å²) >= 11 is 0. The molecule has 0 aromatic rings. The Morgan fingerprint density at radius 2 is 1.75 bits per heavy atom. The lowest BCUT2D eigenvalue weighted by atomic mass is 9.46. The molecule has 3 fully saturated rings. The number of carbonyl (C=O) groups excluding carboxylic acids is 3. The molecule has 0 aromatic carbocycles. The van der Waals surface area contributed by atoms with Crippen LogP contribution >= 0.6 is 0 Å². The summed E-state index contributed by atoms with van der Waals surface area (Å²) in [5.41, 5.74) is 1.57. The first-order valence-electron chi connectivity index (χ1n) is 14.2. The molecule has 4 aliphatic carbocycles. The second-order valence-corrected chi connectivity index (χ2v) is 12.4. The summed E-state index contributed by atoms with van der Waals surface area (Å²) in [6, 6.07) is 0. The predicted octanol–water partition coefficient (Wildman–Crippen LogP) is 5.81. The Morgan fingerprint density at radius 1 is 0.972 bits per heavy atom. The molecule has 0 amide bonds. The first kappa shape index (κ1) is 27.3. The molecule has 0 aliphatic heterocycles. The summed E-state index contributed by atoms with van der Waals surface area (Å²) in [5.74, 6) is 1.60. The molecule has 0 radical (unpaired) electrons. The van der Waals surface area contributed by atoms with Crippen LogP contribution in [0.1, 0.15) is 98.3 Å². The summed E-state index contributed by atoms with van der Waals surface area (Å²) in [6.45, 7) is 8.75. The van der Waals surface area contributed by atoms with Crippen LogP contribution in [0, 0.1) is 34.5 Å². The van der Waals surface area contributed by atoms with Crippen LogP contribution in [-0.2, 0) is 28.6 Å². The maximum absolute atomic E-state index is 12.6. The standard InChI is InChI=1S/C30H46O6/c1-19(31)23-10-11-24-28-25(13-15-30(23,24)4)29(3)14-12-22(36-20(2)32)17-21(29)18-26(28)35-16-8-6-7-9-27(33)34-5/h18,22-26,28H,6-17H2,1-5H3/t22-,23+,24-,25-,26+,28-,29-,30+/m0/s1. The molecule has 36 heavy (non-hydrogen) atoms. The van der Waals surface area contributed by atoms with Crippen molar-refractivity contribution in [1.29, 1.82) is 0 Å². The number of rotatable bonds is 9. The first-order valence-corrected chi connectivity index (χ1v) is 14.2. The van der Waals surface area contributed by atoms with Gasteiger partial charge in [-0.1, -0.05) is 31.9 Å². The maximum Gasteiger partial charge on any atom is 0.305 e. The molecule has 0 heterocycles. The van der Waals surface area contributed by atoms with E-state index in [-0.39, 0.29) is 40.9 Å². The number of esters is 2. The highest BCUT2D eigenvalue weighted by molar-refractivity contribution is 5.79. The van der Waals surface area contributed by atoms with Crippen molar-refractivity contribution in [3.05, 3.63) is 11.6 Å². The Balaban J connectivity index is 1.54. The van der Waals surface area contributed by atoms with E-state index in [1.165, 1.54) is 19.6 Å². The van der Waals surface area contributed by atoms with Crippen molar-refractivity contribution >= 4 is 17.7 Å². The van der Waals surface area contributed by atoms with Crippen molar-refractivity contribution in [2.24, 2.45) is 34.5 Å². The molecule has 4 rings (SSSR count). The minimum absolute atomic E-state index is 0.0325. The number of unbranched alkanes of at least 4 members (excludes halogenated alkanes) is 2. The highest BCUT2D eigenvalue weighted by atomic mass is 16.5. The highest BCUT2D eigenvalue weighted by Crippen LogP contribution is 2.66. The van der Waals surface area contributed by atoms with Gasteiger partial charge >= 0.3 is 11.9 Å². The van der Waals surface area contributed by atoms with Gasteiger partial charge in [-0.05, 0) is 86.9 Å². The molecular formula is C30H46O6. The summed E-state index contributed by atoms with van der Waals surface area (Å²) in [5, 5.41) is 0. The normalized spacial score (nSPS) is 39.3. The Hall–Kier alpha value is -1.69. The molecule has 0 unspecified atom stereocenters. The molecule has 0 spiro atoms. The van der Waals surface area contributed by atoms with Crippen molar-refractivity contribution in [1.82, 2.24) is 0 Å². The van der Waals surface area contributed by atoms with Crippen LogP contribution in [-0.4, -0.2) is 43.6 Å². The fourth-order valence-electron chi connectivity index (χ4n) is 8.62. The molecule has 0 N–H and O–H groups in total. The zero-order chi connectivity index (χ0) is 26.1. The van der Waals surface area contributed by atoms with E-state index in [1.807, 2.05) is 0 Å². The third kappa shape index (κ3) is 5.16. The Kier molecular flexibility index (Phi) is 8.33. The third-order valence-electron chi connectivity index (χ3n) is 10.4. The van der Waals surface area contributed by atoms with Gasteiger partial charge in [0.2, 0.25) is 0 Å². The first-order chi connectivity index (χ1) is 17.1. The lowest BCUT2D eigenvalue weighted by molar-refractivity contribution is -0.151. The van der Waals surface area contributed by atoms with E-state index in [0.29, 0.717) is 36.6 Å². The van der Waals surface area contributed by atoms with Crippen molar-refractivity contribution in [2.45, 2.75) is 111 Å². The van der Waals surface area contributed by atoms with Crippen LogP contribution in [0.5, 0.6) is 0 Å². The molecule has 4 aliphatic rings. The van der Waals surface area contributed by atoms with Crippen LogP contribution in [0.25, 0.3) is 0 Å². The number of hydrogen-bond acceptors (Lipinski definition) is 6. The van der Waals surface area contributed by atoms with Gasteiger partial charge in [-0.15, -0.1) is 0 Å². The number of Topliss-reactive ketones (excluding diaryl/α,β-unsaturated/α-hetero) is 1. The summed E-state index contributed by atoms with van der Waals surface area (Å²) in [4.78, 5) is 35.6. The minimum Gasteiger partial charge on any atom is -0.469 e. The monoisotopic (exact) mass is 502 g/mol. The van der Waals surface area contributed by atoms with Crippen LogP contribution in [0.15, 0.2) is 11.6 Å². The molecule has 0 saturated heterocycles. The number of ether oxygens (including phenoxy) is 3. The quantitative estimate of drug-likeness (QED) is 0.225. The van der Waals surface area contributed by atoms with Gasteiger partial charge in [-0.2, -0.15) is 0 Å². The molecule has 8 atom stereocenters. The SMILES string of the molecule is COC(=O)CCCCCO[C@@H]1C=C2C[C@@H](OC(C)=O)CC[C@]2(C)[C@H]2CC[C@]3(C)[C@@H](C(C)=O)CC[C@H]3[C@H]12. The lowest BCUT2D eigenvalue weighted by Crippen LogP contribution is -2.55. The van der Waals surface area contributed by atoms with Crippen LogP contribution in [0.3, 0.4) is 0 Å². The van der Waals surface area contributed by atoms with E-state index in [9.17, 15) is 14.4 Å². The second kappa shape index (κ2) is 11.0. The second-order valence-electron chi connectivity index (χ2n) is 12.4. The minimum atomic E-state index is -0.202. The Labute approximate surface area is 216 Å². The molecule has 0 bridgehead atoms. The van der Waals surface area contributed by atoms with Gasteiger partial charge < -0.3 is 14.2 Å². The van der Waals surface area contributed by atoms with Gasteiger partial charge in [0, 0.05) is 32.3 Å². The van der Waals surface area contributed by atoms with Gasteiger partial charge in [0.1, 0.15) is 11.9 Å². The summed E-state index contributed by atoms with van der Waals surface area (Å²) < 4.78 is 17.0. The average Bonchev–Trinajstić information content (AvgIpc) is 3.18. The number of carbonyl (C=O) groups is 3. The van der Waals surface area contributed by atoms with Crippen molar-refractivity contribution in [3.63, 3.8) is 0 Å². The zero-order valence-electron chi connectivity index (χ0n) is 23.0. The molecule has 3 saturated carbocycles.